The van der Waals surface area contributed by atoms with E-state index in [1.807, 2.05) is 6.08 Å². The summed E-state index contributed by atoms with van der Waals surface area (Å²) in [6, 6.07) is 4.81. The van der Waals surface area contributed by atoms with Crippen molar-refractivity contribution >= 4 is 22.7 Å². The minimum absolute atomic E-state index is 0.221. The van der Waals surface area contributed by atoms with E-state index in [4.69, 9.17) is 5.11 Å². The molecule has 2 rings (SSSR count). The highest BCUT2D eigenvalue weighted by atomic mass is 16.4. The number of nitrogens with zero attached hydrogens (tertiary/aromatic N) is 2. The minimum atomic E-state index is -0.961. The Morgan fingerprint density at radius 3 is 3.00 bits per heavy atom. The van der Waals surface area contributed by atoms with Crippen LogP contribution in [0.1, 0.15) is 16.8 Å². The molecule has 1 aromatic carbocycles. The van der Waals surface area contributed by atoms with Gasteiger partial charge in [-0.05, 0) is 24.6 Å². The number of anilines is 1. The lowest BCUT2D eigenvalue weighted by molar-refractivity contribution is 0.0697. The molecule has 2 aromatic rings. The second-order valence-corrected chi connectivity index (χ2v) is 3.76. The van der Waals surface area contributed by atoms with Crippen molar-refractivity contribution < 1.29 is 9.90 Å². The molecule has 0 aliphatic heterocycles. The summed E-state index contributed by atoms with van der Waals surface area (Å²) in [4.78, 5) is 19.1. The number of hydrogen-bond donors (Lipinski definition) is 2. The van der Waals surface area contributed by atoms with Gasteiger partial charge >= 0.3 is 5.97 Å². The molecule has 0 aliphatic rings. The molecule has 1 heterocycles. The highest BCUT2D eigenvalue weighted by Crippen LogP contribution is 2.20. The van der Waals surface area contributed by atoms with Gasteiger partial charge in [0.2, 0.25) is 0 Å². The summed E-state index contributed by atoms with van der Waals surface area (Å²) in [5.41, 5.74) is 0.837. The summed E-state index contributed by atoms with van der Waals surface area (Å²) in [5, 5.41) is 12.9. The first-order chi connectivity index (χ1) is 8.72. The molecule has 0 atom stereocenters. The molecule has 5 heteroatoms. The average Bonchev–Trinajstić information content (AvgIpc) is 2.38. The van der Waals surface area contributed by atoms with E-state index in [1.54, 1.807) is 12.1 Å². The van der Waals surface area contributed by atoms with Crippen molar-refractivity contribution in [1.29, 1.82) is 0 Å². The smallest absolute Gasteiger partial charge is 0.335 e. The number of carbonyl (C=O) groups is 1. The molecule has 0 bridgehead atoms. The number of carboxylic acids is 1. The number of carboxylic acid groups (broad SMARTS) is 1. The first-order valence-electron chi connectivity index (χ1n) is 5.55. The van der Waals surface area contributed by atoms with E-state index in [0.29, 0.717) is 11.3 Å². The third-order valence-corrected chi connectivity index (χ3v) is 2.52. The first-order valence-corrected chi connectivity index (χ1v) is 5.55. The normalized spacial score (nSPS) is 10.2. The summed E-state index contributed by atoms with van der Waals surface area (Å²) >= 11 is 0. The molecule has 1 aromatic heterocycles. The monoisotopic (exact) mass is 243 g/mol. The Kier molecular flexibility index (Phi) is 3.52. The predicted octanol–water partition coefficient (Wildman–Crippen LogP) is 2.32. The minimum Gasteiger partial charge on any atom is -0.478 e. The van der Waals surface area contributed by atoms with Crippen LogP contribution in [-0.4, -0.2) is 27.6 Å². The standard InChI is InChI=1S/C13H13N3O2/c1-2-3-6-14-12-10-5-4-9(13(17)18)7-11(10)15-8-16-12/h2,4-5,7-8H,1,3,6H2,(H,17,18)(H,14,15,16). The fourth-order valence-electron chi connectivity index (χ4n) is 1.62. The molecular formula is C13H13N3O2. The molecule has 0 unspecified atom stereocenters. The van der Waals surface area contributed by atoms with E-state index in [-0.39, 0.29) is 5.56 Å². The zero-order valence-electron chi connectivity index (χ0n) is 9.76. The van der Waals surface area contributed by atoms with Gasteiger partial charge in [-0.2, -0.15) is 0 Å². The highest BCUT2D eigenvalue weighted by molar-refractivity contribution is 5.96. The Bertz CT molecular complexity index is 596. The molecule has 92 valence electrons. The molecule has 0 radical (unpaired) electrons. The van der Waals surface area contributed by atoms with E-state index in [2.05, 4.69) is 21.9 Å². The van der Waals surface area contributed by atoms with Crippen molar-refractivity contribution in [2.45, 2.75) is 6.42 Å². The number of rotatable bonds is 5. The zero-order chi connectivity index (χ0) is 13.0. The van der Waals surface area contributed by atoms with Crippen molar-refractivity contribution in [3.8, 4) is 0 Å². The van der Waals surface area contributed by atoms with Crippen LogP contribution in [0.15, 0.2) is 37.2 Å². The van der Waals surface area contributed by atoms with Crippen LogP contribution in [0.3, 0.4) is 0 Å². The number of benzene rings is 1. The van der Waals surface area contributed by atoms with Gasteiger partial charge in [-0.15, -0.1) is 6.58 Å². The second-order valence-electron chi connectivity index (χ2n) is 3.76. The van der Waals surface area contributed by atoms with Crippen LogP contribution in [0.5, 0.6) is 0 Å². The van der Waals surface area contributed by atoms with Crippen LogP contribution in [0.4, 0.5) is 5.82 Å². The average molecular weight is 243 g/mol. The number of hydrogen-bond acceptors (Lipinski definition) is 4. The van der Waals surface area contributed by atoms with E-state index in [9.17, 15) is 4.79 Å². The SMILES string of the molecule is C=CCCNc1ncnc2cc(C(=O)O)ccc12. The maximum Gasteiger partial charge on any atom is 0.335 e. The van der Waals surface area contributed by atoms with Gasteiger partial charge in [0.1, 0.15) is 12.1 Å². The van der Waals surface area contributed by atoms with Crippen LogP contribution in [0.2, 0.25) is 0 Å². The number of nitrogens with one attached hydrogen (secondary N) is 1. The van der Waals surface area contributed by atoms with Crippen molar-refractivity contribution in [2.24, 2.45) is 0 Å². The third kappa shape index (κ3) is 2.45. The van der Waals surface area contributed by atoms with E-state index < -0.39 is 5.97 Å². The first kappa shape index (κ1) is 12.0. The fraction of sp³-hybridized carbons (Fsp3) is 0.154. The predicted molar refractivity (Wildman–Crippen MR) is 69.8 cm³/mol. The van der Waals surface area contributed by atoms with Crippen LogP contribution in [0, 0.1) is 0 Å². The molecular weight excluding hydrogens is 230 g/mol. The van der Waals surface area contributed by atoms with E-state index in [0.717, 1.165) is 18.4 Å². The largest absolute Gasteiger partial charge is 0.478 e. The molecule has 0 amide bonds. The summed E-state index contributed by atoms with van der Waals surface area (Å²) in [5.74, 6) is -0.254. The Labute approximate surface area is 104 Å². The number of aromatic carboxylic acids is 1. The van der Waals surface area contributed by atoms with Crippen LogP contribution < -0.4 is 5.32 Å². The van der Waals surface area contributed by atoms with Crippen molar-refractivity contribution in [1.82, 2.24) is 9.97 Å². The number of aromatic nitrogens is 2. The molecule has 2 N–H and O–H groups in total. The second kappa shape index (κ2) is 5.27. The quantitative estimate of drug-likeness (QED) is 0.622. The highest BCUT2D eigenvalue weighted by Gasteiger charge is 2.07. The topological polar surface area (TPSA) is 75.1 Å². The summed E-state index contributed by atoms with van der Waals surface area (Å²) < 4.78 is 0. The lowest BCUT2D eigenvalue weighted by Gasteiger charge is -2.07. The fourth-order valence-corrected chi connectivity index (χ4v) is 1.62. The molecule has 0 aliphatic carbocycles. The molecule has 18 heavy (non-hydrogen) atoms. The third-order valence-electron chi connectivity index (χ3n) is 2.52. The van der Waals surface area contributed by atoms with Crippen molar-refractivity contribution in [3.63, 3.8) is 0 Å². The Morgan fingerprint density at radius 2 is 2.28 bits per heavy atom. The molecule has 5 nitrogen and oxygen atoms in total. The maximum absolute atomic E-state index is 10.9. The lowest BCUT2D eigenvalue weighted by Crippen LogP contribution is -2.04. The number of fused-ring (bicyclic) bond motifs is 1. The van der Waals surface area contributed by atoms with E-state index in [1.165, 1.54) is 12.4 Å². The Balaban J connectivity index is 2.37. The van der Waals surface area contributed by atoms with Crippen LogP contribution in [-0.2, 0) is 0 Å². The van der Waals surface area contributed by atoms with E-state index >= 15 is 0 Å². The summed E-state index contributed by atoms with van der Waals surface area (Å²) in [7, 11) is 0. The van der Waals surface area contributed by atoms with Gasteiger partial charge in [-0.3, -0.25) is 0 Å². The molecule has 0 saturated heterocycles. The maximum atomic E-state index is 10.9. The van der Waals surface area contributed by atoms with Gasteiger partial charge in [-0.1, -0.05) is 6.08 Å². The molecule has 0 saturated carbocycles. The van der Waals surface area contributed by atoms with Crippen LogP contribution in [0.25, 0.3) is 10.9 Å². The van der Waals surface area contributed by atoms with Gasteiger partial charge in [-0.25, -0.2) is 14.8 Å². The summed E-state index contributed by atoms with van der Waals surface area (Å²) in [6.07, 6.45) is 4.07. The summed E-state index contributed by atoms with van der Waals surface area (Å²) in [6.45, 7) is 4.38. The Morgan fingerprint density at radius 1 is 1.44 bits per heavy atom. The van der Waals surface area contributed by atoms with Gasteiger partial charge in [0.05, 0.1) is 11.1 Å². The van der Waals surface area contributed by atoms with Crippen molar-refractivity contribution in [3.05, 3.63) is 42.7 Å². The van der Waals surface area contributed by atoms with Crippen LogP contribution >= 0.6 is 0 Å². The van der Waals surface area contributed by atoms with Gasteiger partial charge in [0.25, 0.3) is 0 Å². The molecule has 0 fully saturated rings. The lowest BCUT2D eigenvalue weighted by atomic mass is 10.1. The van der Waals surface area contributed by atoms with Gasteiger partial charge in [0.15, 0.2) is 0 Å². The zero-order valence-corrected chi connectivity index (χ0v) is 9.76. The van der Waals surface area contributed by atoms with Gasteiger partial charge < -0.3 is 10.4 Å². The Hall–Kier alpha value is -2.43. The van der Waals surface area contributed by atoms with Crippen molar-refractivity contribution in [2.75, 3.05) is 11.9 Å². The van der Waals surface area contributed by atoms with Gasteiger partial charge in [0, 0.05) is 11.9 Å². The molecule has 0 spiro atoms.